The molecule has 0 spiro atoms. The van der Waals surface area contributed by atoms with Crippen LogP contribution in [0.4, 0.5) is 0 Å². The molecule has 23 heavy (non-hydrogen) atoms. The van der Waals surface area contributed by atoms with Crippen LogP contribution in [0.15, 0.2) is 4.99 Å². The molecule has 0 saturated carbocycles. The number of unbranched alkanes of at least 4 members (excludes halogenated alkanes) is 2. The van der Waals surface area contributed by atoms with Crippen LogP contribution >= 0.6 is 24.0 Å². The minimum Gasteiger partial charge on any atom is -0.385 e. The van der Waals surface area contributed by atoms with Gasteiger partial charge in [0.2, 0.25) is 0 Å². The fraction of sp³-hybridized carbons (Fsp3) is 0.938. The Hall–Kier alpha value is -0.120. The summed E-state index contributed by atoms with van der Waals surface area (Å²) in [5.41, 5.74) is 0. The summed E-state index contributed by atoms with van der Waals surface area (Å²) in [5.74, 6) is 1.47. The molecule has 7 heteroatoms. The Kier molecular flexibility index (Phi) is 16.6. The summed E-state index contributed by atoms with van der Waals surface area (Å²) in [4.78, 5) is 4.22. The number of ether oxygens (including phenoxy) is 3. The number of nitrogens with one attached hydrogen (secondary N) is 2. The standard InChI is InChI=1S/C16H33N3O3.HI/c1-17-16(18-8-4-3-5-10-20-2)19-9-6-11-21-13-15-7-12-22-14-15;/h15H,3-14H2,1-2H3,(H2,17,18,19);1H. The Balaban J connectivity index is 0.00000484. The number of methoxy groups -OCH3 is 1. The number of hydrogen-bond donors (Lipinski definition) is 2. The Labute approximate surface area is 158 Å². The van der Waals surface area contributed by atoms with Crippen LogP contribution < -0.4 is 10.6 Å². The highest BCUT2D eigenvalue weighted by Gasteiger charge is 2.15. The van der Waals surface area contributed by atoms with Gasteiger partial charge in [0.15, 0.2) is 5.96 Å². The van der Waals surface area contributed by atoms with Gasteiger partial charge in [0.25, 0.3) is 0 Å². The minimum atomic E-state index is 0. The fourth-order valence-corrected chi connectivity index (χ4v) is 2.32. The lowest BCUT2D eigenvalue weighted by molar-refractivity contribution is 0.0888. The van der Waals surface area contributed by atoms with Crippen molar-refractivity contribution in [2.75, 3.05) is 60.3 Å². The average molecular weight is 443 g/mol. The third-order valence-corrected chi connectivity index (χ3v) is 3.68. The summed E-state index contributed by atoms with van der Waals surface area (Å²) in [6.07, 6.45) is 5.56. The van der Waals surface area contributed by atoms with Crippen LogP contribution in [0.3, 0.4) is 0 Å². The third-order valence-electron chi connectivity index (χ3n) is 3.68. The molecule has 1 fully saturated rings. The van der Waals surface area contributed by atoms with Crippen molar-refractivity contribution in [3.05, 3.63) is 0 Å². The van der Waals surface area contributed by atoms with Crippen LogP contribution in [0, 0.1) is 5.92 Å². The maximum absolute atomic E-state index is 5.68. The molecular weight excluding hydrogens is 409 g/mol. The summed E-state index contributed by atoms with van der Waals surface area (Å²) in [6.45, 7) is 6.04. The Bertz CT molecular complexity index is 288. The SMILES string of the molecule is CN=C(NCCCCCOC)NCCCOCC1CCOC1.I. The van der Waals surface area contributed by atoms with Crippen molar-refractivity contribution < 1.29 is 14.2 Å². The van der Waals surface area contributed by atoms with E-state index in [0.29, 0.717) is 5.92 Å². The Morgan fingerprint density at radius 2 is 1.91 bits per heavy atom. The summed E-state index contributed by atoms with van der Waals surface area (Å²) < 4.78 is 16.0. The molecule has 1 heterocycles. The van der Waals surface area contributed by atoms with Crippen molar-refractivity contribution in [1.82, 2.24) is 10.6 Å². The molecule has 6 nitrogen and oxygen atoms in total. The van der Waals surface area contributed by atoms with Crippen molar-refractivity contribution in [2.24, 2.45) is 10.9 Å². The number of hydrogen-bond acceptors (Lipinski definition) is 4. The summed E-state index contributed by atoms with van der Waals surface area (Å²) >= 11 is 0. The quantitative estimate of drug-likeness (QED) is 0.209. The average Bonchev–Trinajstić information content (AvgIpc) is 3.05. The summed E-state index contributed by atoms with van der Waals surface area (Å²) in [7, 11) is 3.55. The second kappa shape index (κ2) is 16.7. The van der Waals surface area contributed by atoms with Gasteiger partial charge in [0.1, 0.15) is 0 Å². The van der Waals surface area contributed by atoms with Gasteiger partial charge >= 0.3 is 0 Å². The van der Waals surface area contributed by atoms with E-state index in [1.54, 1.807) is 14.2 Å². The van der Waals surface area contributed by atoms with Crippen molar-refractivity contribution in [3.63, 3.8) is 0 Å². The van der Waals surface area contributed by atoms with Gasteiger partial charge in [-0.05, 0) is 32.1 Å². The molecule has 0 amide bonds. The van der Waals surface area contributed by atoms with Crippen LogP contribution in [-0.2, 0) is 14.2 Å². The molecule has 0 aromatic rings. The number of rotatable bonds is 12. The second-order valence-corrected chi connectivity index (χ2v) is 5.64. The number of halogens is 1. The van der Waals surface area contributed by atoms with Gasteiger partial charge in [0.05, 0.1) is 13.2 Å². The highest BCUT2D eigenvalue weighted by molar-refractivity contribution is 14.0. The molecule has 1 aliphatic rings. The van der Waals surface area contributed by atoms with E-state index in [1.165, 1.54) is 6.42 Å². The maximum atomic E-state index is 5.68. The normalized spacial score (nSPS) is 17.8. The molecule has 1 aliphatic heterocycles. The van der Waals surface area contributed by atoms with Crippen LogP contribution in [0.1, 0.15) is 32.1 Å². The first-order valence-corrected chi connectivity index (χ1v) is 8.45. The number of guanidine groups is 1. The highest BCUT2D eigenvalue weighted by Crippen LogP contribution is 2.12. The maximum Gasteiger partial charge on any atom is 0.190 e. The molecule has 0 aliphatic carbocycles. The summed E-state index contributed by atoms with van der Waals surface area (Å²) in [6, 6.07) is 0. The molecule has 0 radical (unpaired) electrons. The van der Waals surface area contributed by atoms with Crippen LogP contribution in [0.2, 0.25) is 0 Å². The van der Waals surface area contributed by atoms with Gasteiger partial charge in [0, 0.05) is 53.0 Å². The zero-order valence-corrected chi connectivity index (χ0v) is 17.0. The predicted molar refractivity (Wildman–Crippen MR) is 105 cm³/mol. The van der Waals surface area contributed by atoms with E-state index in [-0.39, 0.29) is 24.0 Å². The molecule has 138 valence electrons. The van der Waals surface area contributed by atoms with Gasteiger partial charge in [-0.25, -0.2) is 0 Å². The molecule has 1 unspecified atom stereocenters. The molecule has 0 bridgehead atoms. The lowest BCUT2D eigenvalue weighted by Crippen LogP contribution is -2.38. The first kappa shape index (κ1) is 22.9. The summed E-state index contributed by atoms with van der Waals surface area (Å²) in [5, 5.41) is 6.63. The zero-order chi connectivity index (χ0) is 15.9. The molecule has 1 saturated heterocycles. The van der Waals surface area contributed by atoms with Gasteiger partial charge in [-0.15, -0.1) is 24.0 Å². The van der Waals surface area contributed by atoms with E-state index in [0.717, 1.165) is 77.8 Å². The molecular formula is C16H34IN3O3. The van der Waals surface area contributed by atoms with E-state index in [1.807, 2.05) is 0 Å². The zero-order valence-electron chi connectivity index (χ0n) is 14.6. The Morgan fingerprint density at radius 1 is 1.13 bits per heavy atom. The lowest BCUT2D eigenvalue weighted by atomic mass is 10.1. The van der Waals surface area contributed by atoms with E-state index in [2.05, 4.69) is 15.6 Å². The topological polar surface area (TPSA) is 64.1 Å². The fourth-order valence-electron chi connectivity index (χ4n) is 2.32. The van der Waals surface area contributed by atoms with Crippen molar-refractivity contribution in [1.29, 1.82) is 0 Å². The monoisotopic (exact) mass is 443 g/mol. The first-order valence-electron chi connectivity index (χ1n) is 8.45. The molecule has 1 atom stereocenters. The number of nitrogens with zero attached hydrogens (tertiary/aromatic N) is 1. The van der Waals surface area contributed by atoms with Crippen LogP contribution in [-0.4, -0.2) is 66.2 Å². The third kappa shape index (κ3) is 12.9. The van der Waals surface area contributed by atoms with Crippen LogP contribution in [0.5, 0.6) is 0 Å². The first-order chi connectivity index (χ1) is 10.9. The van der Waals surface area contributed by atoms with E-state index < -0.39 is 0 Å². The van der Waals surface area contributed by atoms with Crippen LogP contribution in [0.25, 0.3) is 0 Å². The Morgan fingerprint density at radius 3 is 2.57 bits per heavy atom. The second-order valence-electron chi connectivity index (χ2n) is 5.64. The van der Waals surface area contributed by atoms with Crippen molar-refractivity contribution in [3.8, 4) is 0 Å². The van der Waals surface area contributed by atoms with E-state index >= 15 is 0 Å². The van der Waals surface area contributed by atoms with Gasteiger partial charge in [-0.1, -0.05) is 0 Å². The van der Waals surface area contributed by atoms with Crippen molar-refractivity contribution >= 4 is 29.9 Å². The molecule has 1 rings (SSSR count). The largest absolute Gasteiger partial charge is 0.385 e. The molecule has 0 aromatic heterocycles. The smallest absolute Gasteiger partial charge is 0.190 e. The van der Waals surface area contributed by atoms with Gasteiger partial charge < -0.3 is 24.8 Å². The highest BCUT2D eigenvalue weighted by atomic mass is 127. The van der Waals surface area contributed by atoms with Gasteiger partial charge in [-0.2, -0.15) is 0 Å². The minimum absolute atomic E-state index is 0. The van der Waals surface area contributed by atoms with Gasteiger partial charge in [-0.3, -0.25) is 4.99 Å². The van der Waals surface area contributed by atoms with E-state index in [4.69, 9.17) is 14.2 Å². The molecule has 2 N–H and O–H groups in total. The van der Waals surface area contributed by atoms with Crippen molar-refractivity contribution in [2.45, 2.75) is 32.1 Å². The lowest BCUT2D eigenvalue weighted by Gasteiger charge is -2.12. The predicted octanol–water partition coefficient (Wildman–Crippen LogP) is 2.03. The number of aliphatic imine (C=N–C) groups is 1. The molecule has 0 aromatic carbocycles. The van der Waals surface area contributed by atoms with E-state index in [9.17, 15) is 0 Å².